The SMILES string of the molecule is Cc1cc2c(s1)CCC(C)(C)C2(O)C1CCN(C)CC1. The molecule has 1 atom stereocenters. The summed E-state index contributed by atoms with van der Waals surface area (Å²) >= 11 is 1.89. The highest BCUT2D eigenvalue weighted by molar-refractivity contribution is 7.12. The smallest absolute Gasteiger partial charge is 0.0986 e. The Morgan fingerprint density at radius 3 is 2.60 bits per heavy atom. The Labute approximate surface area is 126 Å². The van der Waals surface area contributed by atoms with Gasteiger partial charge in [-0.3, -0.25) is 0 Å². The highest BCUT2D eigenvalue weighted by Crippen LogP contribution is 2.56. The van der Waals surface area contributed by atoms with Gasteiger partial charge >= 0.3 is 0 Å². The largest absolute Gasteiger partial charge is 0.384 e. The van der Waals surface area contributed by atoms with Crippen molar-refractivity contribution in [3.8, 4) is 0 Å². The average Bonchev–Trinajstić information content (AvgIpc) is 2.77. The Kier molecular flexibility index (Phi) is 3.51. The highest BCUT2D eigenvalue weighted by atomic mass is 32.1. The normalized spacial score (nSPS) is 31.2. The number of rotatable bonds is 1. The van der Waals surface area contributed by atoms with E-state index >= 15 is 0 Å². The third-order valence-corrected chi connectivity index (χ3v) is 6.77. The molecule has 2 nitrogen and oxygen atoms in total. The molecule has 0 saturated carbocycles. The number of aliphatic hydroxyl groups is 1. The zero-order chi connectivity index (χ0) is 14.5. The first-order valence-corrected chi connectivity index (χ1v) is 8.67. The molecule has 1 N–H and O–H groups in total. The van der Waals surface area contributed by atoms with Gasteiger partial charge < -0.3 is 10.0 Å². The maximum absolute atomic E-state index is 11.8. The number of likely N-dealkylation sites (tertiary alicyclic amines) is 1. The van der Waals surface area contributed by atoms with Gasteiger partial charge in [-0.15, -0.1) is 11.3 Å². The minimum Gasteiger partial charge on any atom is -0.384 e. The van der Waals surface area contributed by atoms with E-state index in [9.17, 15) is 5.11 Å². The van der Waals surface area contributed by atoms with Crippen molar-refractivity contribution < 1.29 is 5.11 Å². The summed E-state index contributed by atoms with van der Waals surface area (Å²) in [4.78, 5) is 5.16. The summed E-state index contributed by atoms with van der Waals surface area (Å²) in [5.41, 5.74) is 0.603. The van der Waals surface area contributed by atoms with E-state index in [0.29, 0.717) is 5.92 Å². The van der Waals surface area contributed by atoms with Gasteiger partial charge in [-0.1, -0.05) is 13.8 Å². The van der Waals surface area contributed by atoms with Crippen molar-refractivity contribution in [1.82, 2.24) is 4.90 Å². The molecule has 3 heteroatoms. The van der Waals surface area contributed by atoms with Crippen molar-refractivity contribution >= 4 is 11.3 Å². The van der Waals surface area contributed by atoms with Crippen LogP contribution in [0.4, 0.5) is 0 Å². The number of thiophene rings is 1. The molecular weight excluding hydrogens is 266 g/mol. The predicted molar refractivity (Wildman–Crippen MR) is 85.3 cm³/mol. The van der Waals surface area contributed by atoms with Gasteiger partial charge in [0.05, 0.1) is 5.60 Å². The molecule has 0 bridgehead atoms. The van der Waals surface area contributed by atoms with Gasteiger partial charge in [-0.25, -0.2) is 0 Å². The Morgan fingerprint density at radius 1 is 1.30 bits per heavy atom. The van der Waals surface area contributed by atoms with Crippen molar-refractivity contribution in [1.29, 1.82) is 0 Å². The lowest BCUT2D eigenvalue weighted by Gasteiger charge is -2.52. The summed E-state index contributed by atoms with van der Waals surface area (Å²) in [6.45, 7) is 8.93. The van der Waals surface area contributed by atoms with Crippen molar-refractivity contribution in [3.05, 3.63) is 21.4 Å². The molecule has 2 heterocycles. The van der Waals surface area contributed by atoms with Crippen molar-refractivity contribution in [2.24, 2.45) is 11.3 Å². The second kappa shape index (κ2) is 4.82. The van der Waals surface area contributed by atoms with Crippen LogP contribution in [0.2, 0.25) is 0 Å². The van der Waals surface area contributed by atoms with Crippen LogP contribution >= 0.6 is 11.3 Å². The summed E-state index contributed by atoms with van der Waals surface area (Å²) in [5, 5.41) is 11.8. The quantitative estimate of drug-likeness (QED) is 0.856. The average molecular weight is 293 g/mol. The van der Waals surface area contributed by atoms with E-state index in [2.05, 4.69) is 38.8 Å². The molecule has 1 aliphatic carbocycles. The van der Waals surface area contributed by atoms with E-state index < -0.39 is 5.60 Å². The molecule has 1 aromatic heterocycles. The summed E-state index contributed by atoms with van der Waals surface area (Å²) < 4.78 is 0. The van der Waals surface area contributed by atoms with Gasteiger partial charge in [-0.2, -0.15) is 0 Å². The maximum atomic E-state index is 11.8. The van der Waals surface area contributed by atoms with E-state index in [4.69, 9.17) is 0 Å². The van der Waals surface area contributed by atoms with Crippen molar-refractivity contribution in [2.75, 3.05) is 20.1 Å². The Bertz CT molecular complexity index is 499. The second-order valence-electron chi connectivity index (χ2n) is 7.42. The number of aryl methyl sites for hydroxylation is 2. The van der Waals surface area contributed by atoms with Gasteiger partial charge in [0.2, 0.25) is 0 Å². The first-order valence-electron chi connectivity index (χ1n) is 7.85. The first kappa shape index (κ1) is 14.6. The molecule has 0 amide bonds. The third kappa shape index (κ3) is 2.06. The molecular formula is C17H27NOS. The summed E-state index contributed by atoms with van der Waals surface area (Å²) in [7, 11) is 2.19. The number of hydrogen-bond acceptors (Lipinski definition) is 3. The molecule has 0 spiro atoms. The Hall–Kier alpha value is -0.380. The van der Waals surface area contributed by atoms with Gasteiger partial charge in [0.15, 0.2) is 0 Å². The fourth-order valence-electron chi connectivity index (χ4n) is 4.25. The molecule has 1 aromatic rings. The number of hydrogen-bond donors (Lipinski definition) is 1. The third-order valence-electron chi connectivity index (χ3n) is 5.66. The van der Waals surface area contributed by atoms with E-state index in [1.54, 1.807) is 0 Å². The number of nitrogens with zero attached hydrogens (tertiary/aromatic N) is 1. The predicted octanol–water partition coefficient (Wildman–Crippen LogP) is 3.56. The van der Waals surface area contributed by atoms with E-state index in [1.807, 2.05) is 11.3 Å². The fourth-order valence-corrected chi connectivity index (χ4v) is 5.34. The topological polar surface area (TPSA) is 23.5 Å². The summed E-state index contributed by atoms with van der Waals surface area (Å²) in [6.07, 6.45) is 4.47. The van der Waals surface area contributed by atoms with Crippen LogP contribution < -0.4 is 0 Å². The molecule has 0 radical (unpaired) electrons. The van der Waals surface area contributed by atoms with E-state index in [1.165, 1.54) is 15.3 Å². The van der Waals surface area contributed by atoms with Crippen LogP contribution in [-0.4, -0.2) is 30.1 Å². The molecule has 2 aliphatic rings. The molecule has 0 aromatic carbocycles. The Balaban J connectivity index is 2.03. The molecule has 20 heavy (non-hydrogen) atoms. The summed E-state index contributed by atoms with van der Waals surface area (Å²) in [6, 6.07) is 2.26. The first-order chi connectivity index (χ1) is 9.34. The maximum Gasteiger partial charge on any atom is 0.0986 e. The van der Waals surface area contributed by atoms with E-state index in [0.717, 1.165) is 38.8 Å². The van der Waals surface area contributed by atoms with Crippen LogP contribution in [0.3, 0.4) is 0 Å². The zero-order valence-electron chi connectivity index (χ0n) is 13.2. The monoisotopic (exact) mass is 293 g/mol. The molecule has 1 unspecified atom stereocenters. The van der Waals surface area contributed by atoms with Crippen LogP contribution in [0.5, 0.6) is 0 Å². The standard InChI is InChI=1S/C17H27NOS/c1-12-11-14-15(20-12)5-8-16(2,3)17(14,19)13-6-9-18(4)10-7-13/h11,13,19H,5-10H2,1-4H3. The number of fused-ring (bicyclic) bond motifs is 1. The molecule has 1 fully saturated rings. The second-order valence-corrected chi connectivity index (χ2v) is 8.76. The molecule has 1 saturated heterocycles. The molecule has 112 valence electrons. The minimum atomic E-state index is -0.632. The molecule has 1 aliphatic heterocycles. The van der Waals surface area contributed by atoms with Crippen LogP contribution in [0.1, 0.15) is 48.4 Å². The lowest BCUT2D eigenvalue weighted by molar-refractivity contribution is -0.142. The highest BCUT2D eigenvalue weighted by Gasteiger charge is 2.53. The number of piperidine rings is 1. The summed E-state index contributed by atoms with van der Waals surface area (Å²) in [5.74, 6) is 0.404. The Morgan fingerprint density at radius 2 is 1.95 bits per heavy atom. The van der Waals surface area contributed by atoms with Crippen molar-refractivity contribution in [3.63, 3.8) is 0 Å². The van der Waals surface area contributed by atoms with Crippen LogP contribution in [0, 0.1) is 18.3 Å². The van der Waals surface area contributed by atoms with Gasteiger partial charge in [0.1, 0.15) is 0 Å². The minimum absolute atomic E-state index is 0.0198. The van der Waals surface area contributed by atoms with E-state index in [-0.39, 0.29) is 5.41 Å². The zero-order valence-corrected chi connectivity index (χ0v) is 14.0. The fraction of sp³-hybridized carbons (Fsp3) is 0.765. The van der Waals surface area contributed by atoms with Crippen LogP contribution in [-0.2, 0) is 12.0 Å². The van der Waals surface area contributed by atoms with Crippen LogP contribution in [0.15, 0.2) is 6.07 Å². The molecule has 3 rings (SSSR count). The van der Waals surface area contributed by atoms with Crippen LogP contribution in [0.25, 0.3) is 0 Å². The lowest BCUT2D eigenvalue weighted by atomic mass is 9.58. The van der Waals surface area contributed by atoms with Gasteiger partial charge in [0.25, 0.3) is 0 Å². The van der Waals surface area contributed by atoms with Gasteiger partial charge in [-0.05, 0) is 75.7 Å². The van der Waals surface area contributed by atoms with Crippen molar-refractivity contribution in [2.45, 2.75) is 52.1 Å². The van der Waals surface area contributed by atoms with Gasteiger partial charge in [0, 0.05) is 9.75 Å². The lowest BCUT2D eigenvalue weighted by Crippen LogP contribution is -2.53.